The van der Waals surface area contributed by atoms with Crippen LogP contribution in [0.15, 0.2) is 17.5 Å². The number of rotatable bonds is 6. The lowest BCUT2D eigenvalue weighted by atomic mass is 9.98. The number of nitrogens with zero attached hydrogens (tertiary/aromatic N) is 2. The molecule has 0 saturated heterocycles. The number of amides is 1. The summed E-state index contributed by atoms with van der Waals surface area (Å²) in [7, 11) is 3.32. The smallest absolute Gasteiger partial charge is 0.225 e. The molecule has 1 N–H and O–H groups in total. The van der Waals surface area contributed by atoms with Gasteiger partial charge in [-0.3, -0.25) is 9.69 Å². The number of hydrogen-bond donors (Lipinski definition) is 1. The Morgan fingerprint density at radius 3 is 2.68 bits per heavy atom. The maximum Gasteiger partial charge on any atom is 0.225 e. The Hall–Kier alpha value is -2.12. The second-order valence-electron chi connectivity index (χ2n) is 5.98. The minimum Gasteiger partial charge on any atom is -0.493 e. The number of fused-ring (bicyclic) bond motifs is 1. The largest absolute Gasteiger partial charge is 0.493 e. The van der Waals surface area contributed by atoms with Crippen LogP contribution in [0.25, 0.3) is 0 Å². The summed E-state index contributed by atoms with van der Waals surface area (Å²) >= 11 is 1.47. The van der Waals surface area contributed by atoms with E-state index in [2.05, 4.69) is 27.3 Å². The number of ether oxygens (including phenoxy) is 2. The Morgan fingerprint density at radius 1 is 1.28 bits per heavy atom. The Kier molecular flexibility index (Phi) is 5.55. The Bertz CT molecular complexity index is 760. The first-order chi connectivity index (χ1) is 12.1. The Balaban J connectivity index is 1.68. The van der Waals surface area contributed by atoms with Gasteiger partial charge >= 0.3 is 0 Å². The highest BCUT2D eigenvalue weighted by Gasteiger charge is 2.20. The van der Waals surface area contributed by atoms with E-state index >= 15 is 0 Å². The highest BCUT2D eigenvalue weighted by atomic mass is 32.1. The molecule has 7 heteroatoms. The number of carbonyl (C=O) groups excluding carboxylic acids is 1. The van der Waals surface area contributed by atoms with Crippen LogP contribution >= 0.6 is 11.3 Å². The topological polar surface area (TPSA) is 63.7 Å². The van der Waals surface area contributed by atoms with Crippen LogP contribution in [0.5, 0.6) is 11.5 Å². The molecule has 6 nitrogen and oxygen atoms in total. The lowest BCUT2D eigenvalue weighted by molar-refractivity contribution is -0.115. The maximum atomic E-state index is 11.5. The van der Waals surface area contributed by atoms with Crippen LogP contribution < -0.4 is 14.8 Å². The van der Waals surface area contributed by atoms with E-state index in [1.165, 1.54) is 22.5 Å². The van der Waals surface area contributed by atoms with Crippen LogP contribution in [-0.2, 0) is 24.3 Å². The lowest BCUT2D eigenvalue weighted by Gasteiger charge is -2.29. The minimum absolute atomic E-state index is 0.00570. The quantitative estimate of drug-likeness (QED) is 0.857. The van der Waals surface area contributed by atoms with Gasteiger partial charge in [0.25, 0.3) is 0 Å². The van der Waals surface area contributed by atoms with Crippen molar-refractivity contribution >= 4 is 22.4 Å². The van der Waals surface area contributed by atoms with Crippen molar-refractivity contribution in [2.24, 2.45) is 0 Å². The molecule has 0 spiro atoms. The molecule has 0 unspecified atom stereocenters. The van der Waals surface area contributed by atoms with Gasteiger partial charge in [0, 0.05) is 31.4 Å². The van der Waals surface area contributed by atoms with E-state index in [-0.39, 0.29) is 5.91 Å². The average Bonchev–Trinajstić information content (AvgIpc) is 3.06. The van der Waals surface area contributed by atoms with Crippen molar-refractivity contribution in [3.05, 3.63) is 34.3 Å². The molecule has 1 aliphatic rings. The first kappa shape index (κ1) is 17.7. The van der Waals surface area contributed by atoms with Gasteiger partial charge in [0.15, 0.2) is 16.6 Å². The van der Waals surface area contributed by atoms with E-state index in [1.807, 2.05) is 12.3 Å². The number of hydrogen-bond acceptors (Lipinski definition) is 6. The first-order valence-electron chi connectivity index (χ1n) is 8.33. The summed E-state index contributed by atoms with van der Waals surface area (Å²) in [5.74, 6) is 1.54. The molecule has 2 aromatic rings. The van der Waals surface area contributed by atoms with Gasteiger partial charge in [0.05, 0.1) is 19.9 Å². The number of nitrogens with one attached hydrogen (secondary N) is 1. The summed E-state index contributed by atoms with van der Waals surface area (Å²) in [6.45, 7) is 4.42. The van der Waals surface area contributed by atoms with Crippen LogP contribution in [0.3, 0.4) is 0 Å². The van der Waals surface area contributed by atoms with E-state index in [4.69, 9.17) is 9.47 Å². The van der Waals surface area contributed by atoms with Crippen molar-refractivity contribution in [2.45, 2.75) is 32.9 Å². The molecule has 3 rings (SSSR count). The van der Waals surface area contributed by atoms with Crippen molar-refractivity contribution in [1.29, 1.82) is 0 Å². The first-order valence-corrected chi connectivity index (χ1v) is 9.21. The highest BCUT2D eigenvalue weighted by Crippen LogP contribution is 2.33. The predicted molar refractivity (Wildman–Crippen MR) is 98.4 cm³/mol. The molecular formula is C18H23N3O3S. The van der Waals surface area contributed by atoms with Gasteiger partial charge in [-0.15, -0.1) is 11.3 Å². The number of thiazole rings is 1. The molecule has 1 aliphatic heterocycles. The summed E-state index contributed by atoms with van der Waals surface area (Å²) in [5, 5.41) is 5.49. The standard InChI is InChI=1S/C18H23N3O3S/c1-4-17(22)20-18-19-14(11-25-18)10-21-6-5-12-7-15(23-2)16(24-3)8-13(12)9-21/h7-8,11H,4-6,9-10H2,1-3H3,(H,19,20,22). The normalized spacial score (nSPS) is 14.0. The molecule has 25 heavy (non-hydrogen) atoms. The second kappa shape index (κ2) is 7.84. The van der Waals surface area contributed by atoms with Gasteiger partial charge in [0.2, 0.25) is 5.91 Å². The molecule has 0 bridgehead atoms. The van der Waals surface area contributed by atoms with Crippen LogP contribution in [0.4, 0.5) is 5.13 Å². The molecule has 0 saturated carbocycles. The monoisotopic (exact) mass is 361 g/mol. The van der Waals surface area contributed by atoms with Crippen molar-refractivity contribution in [2.75, 3.05) is 26.1 Å². The molecule has 1 aromatic carbocycles. The van der Waals surface area contributed by atoms with Crippen LogP contribution in [0.2, 0.25) is 0 Å². The number of methoxy groups -OCH3 is 2. The van der Waals surface area contributed by atoms with Gasteiger partial charge in [0.1, 0.15) is 0 Å². The van der Waals surface area contributed by atoms with E-state index in [0.717, 1.165) is 43.2 Å². The van der Waals surface area contributed by atoms with Crippen molar-refractivity contribution < 1.29 is 14.3 Å². The molecule has 1 aromatic heterocycles. The molecular weight excluding hydrogens is 338 g/mol. The molecule has 2 heterocycles. The minimum atomic E-state index is -0.00570. The molecule has 134 valence electrons. The third-order valence-corrected chi connectivity index (χ3v) is 5.11. The van der Waals surface area contributed by atoms with Crippen molar-refractivity contribution in [3.63, 3.8) is 0 Å². The zero-order valence-corrected chi connectivity index (χ0v) is 15.6. The fourth-order valence-electron chi connectivity index (χ4n) is 2.95. The third kappa shape index (κ3) is 4.11. The van der Waals surface area contributed by atoms with E-state index in [9.17, 15) is 4.79 Å². The van der Waals surface area contributed by atoms with Crippen molar-refractivity contribution in [1.82, 2.24) is 9.88 Å². The Labute approximate surface area is 151 Å². The predicted octanol–water partition coefficient (Wildman–Crippen LogP) is 3.07. The zero-order valence-electron chi connectivity index (χ0n) is 14.8. The molecule has 0 aliphatic carbocycles. The number of anilines is 1. The average molecular weight is 361 g/mol. The van der Waals surface area contributed by atoms with Gasteiger partial charge < -0.3 is 14.8 Å². The van der Waals surface area contributed by atoms with Crippen LogP contribution in [0.1, 0.15) is 30.2 Å². The SMILES string of the molecule is CCC(=O)Nc1nc(CN2CCc3cc(OC)c(OC)cc3C2)cs1. The highest BCUT2D eigenvalue weighted by molar-refractivity contribution is 7.13. The fourth-order valence-corrected chi connectivity index (χ4v) is 3.67. The van der Waals surface area contributed by atoms with Crippen LogP contribution in [-0.4, -0.2) is 36.6 Å². The van der Waals surface area contributed by atoms with E-state index in [1.54, 1.807) is 14.2 Å². The summed E-state index contributed by atoms with van der Waals surface area (Å²) < 4.78 is 10.8. The second-order valence-corrected chi connectivity index (χ2v) is 6.84. The van der Waals surface area contributed by atoms with E-state index in [0.29, 0.717) is 11.6 Å². The summed E-state index contributed by atoms with van der Waals surface area (Å²) in [4.78, 5) is 18.3. The summed E-state index contributed by atoms with van der Waals surface area (Å²) in [5.41, 5.74) is 3.56. The van der Waals surface area contributed by atoms with Gasteiger partial charge in [-0.25, -0.2) is 4.98 Å². The summed E-state index contributed by atoms with van der Waals surface area (Å²) in [6, 6.07) is 4.14. The van der Waals surface area contributed by atoms with Gasteiger partial charge in [-0.1, -0.05) is 6.92 Å². The maximum absolute atomic E-state index is 11.5. The third-order valence-electron chi connectivity index (χ3n) is 4.30. The van der Waals surface area contributed by atoms with E-state index < -0.39 is 0 Å². The number of benzene rings is 1. The number of aromatic nitrogens is 1. The molecule has 0 radical (unpaired) electrons. The Morgan fingerprint density at radius 2 is 2.00 bits per heavy atom. The zero-order chi connectivity index (χ0) is 17.8. The fraction of sp³-hybridized carbons (Fsp3) is 0.444. The molecule has 0 fully saturated rings. The van der Waals surface area contributed by atoms with Crippen LogP contribution in [0, 0.1) is 0 Å². The number of carbonyl (C=O) groups is 1. The van der Waals surface area contributed by atoms with Gasteiger partial charge in [-0.2, -0.15) is 0 Å². The van der Waals surface area contributed by atoms with Crippen molar-refractivity contribution in [3.8, 4) is 11.5 Å². The molecule has 1 amide bonds. The van der Waals surface area contributed by atoms with Gasteiger partial charge in [-0.05, 0) is 29.7 Å². The molecule has 0 atom stereocenters. The summed E-state index contributed by atoms with van der Waals surface area (Å²) in [6.07, 6.45) is 1.43. The lowest BCUT2D eigenvalue weighted by Crippen LogP contribution is -2.30.